The van der Waals surface area contributed by atoms with Gasteiger partial charge in [-0.2, -0.15) is 0 Å². The summed E-state index contributed by atoms with van der Waals surface area (Å²) in [5, 5.41) is 8.82. The van der Waals surface area contributed by atoms with Crippen LogP contribution in [0.5, 0.6) is 0 Å². The lowest BCUT2D eigenvalue weighted by molar-refractivity contribution is 0.257. The molecule has 0 amide bonds. The van der Waals surface area contributed by atoms with Crippen LogP contribution >= 0.6 is 0 Å². The third-order valence-corrected chi connectivity index (χ3v) is 4.07. The molecule has 3 N–H and O–H groups in total. The Morgan fingerprint density at radius 1 is 0.762 bits per heavy atom. The van der Waals surface area contributed by atoms with Crippen LogP contribution in [-0.2, 0) is 0 Å². The number of unbranched alkanes of at least 4 members (excludes halogenated alkanes) is 11. The fourth-order valence-corrected chi connectivity index (χ4v) is 2.57. The van der Waals surface area contributed by atoms with Gasteiger partial charge in [0.05, 0.1) is 6.61 Å². The van der Waals surface area contributed by atoms with Gasteiger partial charge in [0.15, 0.2) is 0 Å². The van der Waals surface area contributed by atoms with Gasteiger partial charge in [0.1, 0.15) is 0 Å². The van der Waals surface area contributed by atoms with Crippen molar-refractivity contribution in [3.05, 3.63) is 12.2 Å². The number of aliphatic hydroxyl groups is 1. The van der Waals surface area contributed by atoms with E-state index in [2.05, 4.69) is 19.1 Å². The van der Waals surface area contributed by atoms with Crippen LogP contribution in [0.15, 0.2) is 12.2 Å². The molecule has 0 aliphatic rings. The Morgan fingerprint density at radius 2 is 1.24 bits per heavy atom. The predicted octanol–water partition coefficient (Wildman–Crippen LogP) is 5.34. The number of aliphatic hydroxyl groups excluding tert-OH is 1. The molecule has 0 heterocycles. The summed E-state index contributed by atoms with van der Waals surface area (Å²) in [6, 6.07) is -0.00472. The van der Waals surface area contributed by atoms with Gasteiger partial charge >= 0.3 is 0 Å². The van der Waals surface area contributed by atoms with E-state index in [-0.39, 0.29) is 12.6 Å². The summed E-state index contributed by atoms with van der Waals surface area (Å²) in [5.74, 6) is 0. The molecule has 0 aliphatic heterocycles. The van der Waals surface area contributed by atoms with Gasteiger partial charge in [0.25, 0.3) is 0 Å². The molecule has 21 heavy (non-hydrogen) atoms. The minimum Gasteiger partial charge on any atom is -0.395 e. The molecule has 126 valence electrons. The van der Waals surface area contributed by atoms with Gasteiger partial charge in [-0.15, -0.1) is 0 Å². The molecule has 0 aliphatic carbocycles. The van der Waals surface area contributed by atoms with E-state index in [9.17, 15) is 0 Å². The van der Waals surface area contributed by atoms with Crippen LogP contribution in [0, 0.1) is 0 Å². The van der Waals surface area contributed by atoms with E-state index in [1.807, 2.05) is 0 Å². The standard InChI is InChI=1S/C19H39NO/c1-2-3-4-5-6-7-8-9-10-11-12-13-14-15-16-17-19(20)18-21/h9-10,19,21H,2-8,11-18,20H2,1H3/b10-9-. The van der Waals surface area contributed by atoms with Crippen LogP contribution in [-0.4, -0.2) is 17.8 Å². The average Bonchev–Trinajstić information content (AvgIpc) is 2.50. The summed E-state index contributed by atoms with van der Waals surface area (Å²) in [6.45, 7) is 2.40. The van der Waals surface area contributed by atoms with Crippen molar-refractivity contribution in [3.8, 4) is 0 Å². The number of hydrogen-bond donors (Lipinski definition) is 2. The zero-order valence-electron chi connectivity index (χ0n) is 14.4. The summed E-state index contributed by atoms with van der Waals surface area (Å²) in [5.41, 5.74) is 5.67. The second-order valence-corrected chi connectivity index (χ2v) is 6.32. The van der Waals surface area contributed by atoms with E-state index in [0.29, 0.717) is 0 Å². The third kappa shape index (κ3) is 17.6. The van der Waals surface area contributed by atoms with Gasteiger partial charge < -0.3 is 10.8 Å². The van der Waals surface area contributed by atoms with Crippen molar-refractivity contribution in [1.29, 1.82) is 0 Å². The van der Waals surface area contributed by atoms with E-state index in [1.54, 1.807) is 0 Å². The Bertz CT molecular complexity index is 216. The zero-order valence-corrected chi connectivity index (χ0v) is 14.4. The molecule has 0 saturated carbocycles. The summed E-state index contributed by atoms with van der Waals surface area (Å²) in [4.78, 5) is 0. The number of hydrogen-bond acceptors (Lipinski definition) is 2. The van der Waals surface area contributed by atoms with Crippen molar-refractivity contribution in [2.24, 2.45) is 5.73 Å². The molecule has 0 aromatic heterocycles. The fourth-order valence-electron chi connectivity index (χ4n) is 2.57. The topological polar surface area (TPSA) is 46.2 Å². The third-order valence-electron chi connectivity index (χ3n) is 4.07. The highest BCUT2D eigenvalue weighted by molar-refractivity contribution is 4.81. The molecule has 0 rings (SSSR count). The number of allylic oxidation sites excluding steroid dienone is 2. The van der Waals surface area contributed by atoms with Gasteiger partial charge in [-0.05, 0) is 32.1 Å². The molecule has 0 radical (unpaired) electrons. The SMILES string of the molecule is CCCCCCCC/C=C\CCCCCCCC(N)CO. The molecule has 0 aromatic rings. The van der Waals surface area contributed by atoms with Crippen LogP contribution in [0.4, 0.5) is 0 Å². The van der Waals surface area contributed by atoms with Gasteiger partial charge in [-0.1, -0.05) is 76.9 Å². The maximum Gasteiger partial charge on any atom is 0.0582 e. The van der Waals surface area contributed by atoms with Crippen molar-refractivity contribution in [1.82, 2.24) is 0 Å². The maximum absolute atomic E-state index is 8.82. The molecule has 0 spiro atoms. The molecule has 1 unspecified atom stereocenters. The number of rotatable bonds is 16. The quantitative estimate of drug-likeness (QED) is 0.298. The maximum atomic E-state index is 8.82. The van der Waals surface area contributed by atoms with E-state index in [1.165, 1.54) is 77.0 Å². The van der Waals surface area contributed by atoms with Gasteiger partial charge in [0.2, 0.25) is 0 Å². The number of nitrogens with two attached hydrogens (primary N) is 1. The summed E-state index contributed by atoms with van der Waals surface area (Å²) >= 11 is 0. The highest BCUT2D eigenvalue weighted by Crippen LogP contribution is 2.10. The highest BCUT2D eigenvalue weighted by atomic mass is 16.3. The first-order valence-electron chi connectivity index (χ1n) is 9.32. The van der Waals surface area contributed by atoms with Gasteiger partial charge in [0, 0.05) is 6.04 Å². The molecule has 2 heteroatoms. The predicted molar refractivity (Wildman–Crippen MR) is 94.5 cm³/mol. The Morgan fingerprint density at radius 3 is 1.76 bits per heavy atom. The van der Waals surface area contributed by atoms with Crippen molar-refractivity contribution in [2.75, 3.05) is 6.61 Å². The molecule has 2 nitrogen and oxygen atoms in total. The smallest absolute Gasteiger partial charge is 0.0582 e. The lowest BCUT2D eigenvalue weighted by Crippen LogP contribution is -2.23. The van der Waals surface area contributed by atoms with Gasteiger partial charge in [-0.25, -0.2) is 0 Å². The van der Waals surface area contributed by atoms with Gasteiger partial charge in [-0.3, -0.25) is 0 Å². The monoisotopic (exact) mass is 297 g/mol. The summed E-state index contributed by atoms with van der Waals surface area (Å²) in [6.07, 6.45) is 23.0. The lowest BCUT2D eigenvalue weighted by Gasteiger charge is -2.06. The molecule has 0 bridgehead atoms. The highest BCUT2D eigenvalue weighted by Gasteiger charge is 1.98. The second-order valence-electron chi connectivity index (χ2n) is 6.32. The van der Waals surface area contributed by atoms with E-state index in [0.717, 1.165) is 12.8 Å². The van der Waals surface area contributed by atoms with Crippen molar-refractivity contribution >= 4 is 0 Å². The van der Waals surface area contributed by atoms with Crippen molar-refractivity contribution < 1.29 is 5.11 Å². The summed E-state index contributed by atoms with van der Waals surface area (Å²) < 4.78 is 0. The largest absolute Gasteiger partial charge is 0.395 e. The second kappa shape index (κ2) is 17.7. The molecular formula is C19H39NO. The molecular weight excluding hydrogens is 258 g/mol. The average molecular weight is 298 g/mol. The molecule has 0 saturated heterocycles. The zero-order chi connectivity index (χ0) is 15.6. The Balaban J connectivity index is 3.08. The van der Waals surface area contributed by atoms with Crippen molar-refractivity contribution in [2.45, 2.75) is 103 Å². The van der Waals surface area contributed by atoms with E-state index >= 15 is 0 Å². The first-order chi connectivity index (χ1) is 10.3. The Kier molecular flexibility index (Phi) is 17.4. The normalized spacial score (nSPS) is 13.1. The van der Waals surface area contributed by atoms with Crippen LogP contribution in [0.1, 0.15) is 96.8 Å². The minimum absolute atomic E-state index is 0.00472. The van der Waals surface area contributed by atoms with E-state index in [4.69, 9.17) is 10.8 Å². The van der Waals surface area contributed by atoms with E-state index < -0.39 is 0 Å². The van der Waals surface area contributed by atoms with Crippen LogP contribution in [0.25, 0.3) is 0 Å². The molecule has 0 fully saturated rings. The van der Waals surface area contributed by atoms with Crippen LogP contribution < -0.4 is 5.73 Å². The fraction of sp³-hybridized carbons (Fsp3) is 0.895. The summed E-state index contributed by atoms with van der Waals surface area (Å²) in [7, 11) is 0. The van der Waals surface area contributed by atoms with Crippen LogP contribution in [0.2, 0.25) is 0 Å². The molecule has 0 aromatic carbocycles. The Hall–Kier alpha value is -0.340. The first kappa shape index (κ1) is 20.7. The first-order valence-corrected chi connectivity index (χ1v) is 9.32. The molecule has 1 atom stereocenters. The minimum atomic E-state index is -0.00472. The van der Waals surface area contributed by atoms with Crippen LogP contribution in [0.3, 0.4) is 0 Å². The lowest BCUT2D eigenvalue weighted by atomic mass is 10.1. The van der Waals surface area contributed by atoms with Crippen molar-refractivity contribution in [3.63, 3.8) is 0 Å². The Labute approximate surface area is 133 Å².